The lowest BCUT2D eigenvalue weighted by atomic mass is 9.93. The summed E-state index contributed by atoms with van der Waals surface area (Å²) < 4.78 is 6.57. The summed E-state index contributed by atoms with van der Waals surface area (Å²) in [6.07, 6.45) is 5.64. The van der Waals surface area contributed by atoms with Crippen LogP contribution in [0.2, 0.25) is 0 Å². The Morgan fingerprint density at radius 3 is 2.85 bits per heavy atom. The molecule has 0 bridgehead atoms. The van der Waals surface area contributed by atoms with Gasteiger partial charge in [0.1, 0.15) is 0 Å². The fourth-order valence-electron chi connectivity index (χ4n) is 2.53. The zero-order valence-corrected chi connectivity index (χ0v) is 12.1. The minimum absolute atomic E-state index is 0.122. The monoisotopic (exact) mass is 290 g/mol. The Balaban J connectivity index is 2.23. The van der Waals surface area contributed by atoms with Crippen molar-refractivity contribution in [3.05, 3.63) is 28.4 Å². The van der Waals surface area contributed by atoms with Crippen molar-refractivity contribution in [2.45, 2.75) is 19.3 Å². The number of aromatic nitrogens is 2. The molecule has 0 aliphatic heterocycles. The predicted molar refractivity (Wildman–Crippen MR) is 75.1 cm³/mol. The van der Waals surface area contributed by atoms with Crippen LogP contribution in [-0.4, -0.2) is 28.6 Å². The number of carbonyl (C=O) groups is 2. The first-order valence-electron chi connectivity index (χ1n) is 6.38. The van der Waals surface area contributed by atoms with Crippen LogP contribution < -0.4 is 0 Å². The zero-order valence-electron chi connectivity index (χ0n) is 11.3. The molecular formula is C14H14N2O3S. The maximum absolute atomic E-state index is 12.1. The largest absolute Gasteiger partial charge is 0.465 e. The Kier molecular flexibility index (Phi) is 3.17. The standard InChI is InChI=1S/C14H14N2O3S/c1-16-7-8(6-15-16)12-11(14(18)19-2)9-4-3-5-10(17)13(9)20-12/h6-7H,3-5H2,1-2H3. The molecule has 104 valence electrons. The molecule has 0 amide bonds. The predicted octanol–water partition coefficient (Wildman–Crippen LogP) is 2.45. The van der Waals surface area contributed by atoms with Gasteiger partial charge in [0, 0.05) is 25.2 Å². The Morgan fingerprint density at radius 1 is 1.40 bits per heavy atom. The third-order valence-electron chi connectivity index (χ3n) is 3.45. The van der Waals surface area contributed by atoms with Gasteiger partial charge in [0.2, 0.25) is 0 Å². The maximum Gasteiger partial charge on any atom is 0.339 e. The average Bonchev–Trinajstić information content (AvgIpc) is 3.02. The number of aryl methyl sites for hydroxylation is 1. The van der Waals surface area contributed by atoms with E-state index in [9.17, 15) is 9.59 Å². The molecule has 0 fully saturated rings. The fourth-order valence-corrected chi connectivity index (χ4v) is 3.81. The van der Waals surface area contributed by atoms with E-state index < -0.39 is 0 Å². The third kappa shape index (κ3) is 1.96. The summed E-state index contributed by atoms with van der Waals surface area (Å²) in [4.78, 5) is 25.6. The van der Waals surface area contributed by atoms with E-state index in [0.717, 1.165) is 28.8 Å². The van der Waals surface area contributed by atoms with E-state index >= 15 is 0 Å². The highest BCUT2D eigenvalue weighted by atomic mass is 32.1. The highest BCUT2D eigenvalue weighted by molar-refractivity contribution is 7.18. The summed E-state index contributed by atoms with van der Waals surface area (Å²) in [7, 11) is 3.18. The number of fused-ring (bicyclic) bond motifs is 1. The van der Waals surface area contributed by atoms with Crippen molar-refractivity contribution in [1.29, 1.82) is 0 Å². The van der Waals surface area contributed by atoms with Crippen LogP contribution in [0.25, 0.3) is 10.4 Å². The van der Waals surface area contributed by atoms with Crippen molar-refractivity contribution in [1.82, 2.24) is 9.78 Å². The van der Waals surface area contributed by atoms with Gasteiger partial charge in [-0.15, -0.1) is 11.3 Å². The van der Waals surface area contributed by atoms with Gasteiger partial charge in [0.05, 0.1) is 28.6 Å². The van der Waals surface area contributed by atoms with Crippen LogP contribution in [0.15, 0.2) is 12.4 Å². The van der Waals surface area contributed by atoms with Gasteiger partial charge in [-0.25, -0.2) is 4.79 Å². The Hall–Kier alpha value is -1.95. The quantitative estimate of drug-likeness (QED) is 0.797. The molecule has 0 radical (unpaired) electrons. The van der Waals surface area contributed by atoms with E-state index in [-0.39, 0.29) is 11.8 Å². The van der Waals surface area contributed by atoms with Crippen molar-refractivity contribution >= 4 is 23.1 Å². The highest BCUT2D eigenvalue weighted by Crippen LogP contribution is 2.40. The van der Waals surface area contributed by atoms with Gasteiger partial charge in [-0.05, 0) is 18.4 Å². The van der Waals surface area contributed by atoms with Gasteiger partial charge in [-0.3, -0.25) is 9.48 Å². The van der Waals surface area contributed by atoms with Crippen LogP contribution in [0.4, 0.5) is 0 Å². The van der Waals surface area contributed by atoms with Crippen LogP contribution in [0.1, 0.15) is 38.4 Å². The van der Waals surface area contributed by atoms with Gasteiger partial charge in [-0.2, -0.15) is 5.10 Å². The van der Waals surface area contributed by atoms with Crippen LogP contribution in [0.3, 0.4) is 0 Å². The van der Waals surface area contributed by atoms with Crippen LogP contribution >= 0.6 is 11.3 Å². The van der Waals surface area contributed by atoms with Crippen molar-refractivity contribution < 1.29 is 14.3 Å². The highest BCUT2D eigenvalue weighted by Gasteiger charge is 2.30. The number of carbonyl (C=O) groups excluding carboxylic acids is 2. The molecule has 2 aromatic rings. The van der Waals surface area contributed by atoms with Gasteiger partial charge >= 0.3 is 5.97 Å². The number of nitrogens with zero attached hydrogens (tertiary/aromatic N) is 2. The Bertz CT molecular complexity index is 699. The summed E-state index contributed by atoms with van der Waals surface area (Å²) in [5.41, 5.74) is 2.23. The molecule has 6 heteroatoms. The molecule has 0 aromatic carbocycles. The summed E-state index contributed by atoms with van der Waals surface area (Å²) in [5.74, 6) is -0.257. The van der Waals surface area contributed by atoms with Crippen LogP contribution in [-0.2, 0) is 18.2 Å². The van der Waals surface area contributed by atoms with Gasteiger partial charge in [0.25, 0.3) is 0 Å². The Labute approximate surface area is 120 Å². The zero-order chi connectivity index (χ0) is 14.3. The van der Waals surface area contributed by atoms with Crippen LogP contribution in [0.5, 0.6) is 0 Å². The number of hydrogen-bond donors (Lipinski definition) is 0. The third-order valence-corrected chi connectivity index (χ3v) is 4.77. The van der Waals surface area contributed by atoms with E-state index in [1.54, 1.807) is 10.9 Å². The second-order valence-electron chi connectivity index (χ2n) is 4.78. The van der Waals surface area contributed by atoms with Gasteiger partial charge in [0.15, 0.2) is 5.78 Å². The van der Waals surface area contributed by atoms with Crippen molar-refractivity contribution in [3.8, 4) is 10.4 Å². The number of rotatable bonds is 2. The average molecular weight is 290 g/mol. The molecule has 0 saturated carbocycles. The molecule has 1 aliphatic rings. The number of methoxy groups -OCH3 is 1. The lowest BCUT2D eigenvalue weighted by molar-refractivity contribution is 0.0601. The SMILES string of the molecule is COC(=O)c1c(-c2cnn(C)c2)sc2c1CCCC2=O. The van der Waals surface area contributed by atoms with E-state index in [4.69, 9.17) is 4.74 Å². The van der Waals surface area contributed by atoms with E-state index in [0.29, 0.717) is 16.9 Å². The molecule has 0 atom stereocenters. The van der Waals surface area contributed by atoms with E-state index in [1.165, 1.54) is 18.4 Å². The molecule has 0 unspecified atom stereocenters. The smallest absolute Gasteiger partial charge is 0.339 e. The lowest BCUT2D eigenvalue weighted by Crippen LogP contribution is -2.12. The first-order valence-corrected chi connectivity index (χ1v) is 7.19. The summed E-state index contributed by atoms with van der Waals surface area (Å²) >= 11 is 1.38. The minimum Gasteiger partial charge on any atom is -0.465 e. The molecule has 20 heavy (non-hydrogen) atoms. The van der Waals surface area contributed by atoms with Crippen molar-refractivity contribution in [3.63, 3.8) is 0 Å². The molecule has 2 aromatic heterocycles. The fraction of sp³-hybridized carbons (Fsp3) is 0.357. The number of ether oxygens (including phenoxy) is 1. The van der Waals surface area contributed by atoms with Crippen molar-refractivity contribution in [2.24, 2.45) is 7.05 Å². The van der Waals surface area contributed by atoms with Gasteiger partial charge in [-0.1, -0.05) is 0 Å². The van der Waals surface area contributed by atoms with E-state index in [2.05, 4.69) is 5.10 Å². The second-order valence-corrected chi connectivity index (χ2v) is 5.81. The maximum atomic E-state index is 12.1. The normalized spacial score (nSPS) is 14.2. The molecule has 0 N–H and O–H groups in total. The molecular weight excluding hydrogens is 276 g/mol. The van der Waals surface area contributed by atoms with Crippen LogP contribution in [0, 0.1) is 0 Å². The lowest BCUT2D eigenvalue weighted by Gasteiger charge is -2.10. The summed E-state index contributed by atoms with van der Waals surface area (Å²) in [5, 5.41) is 4.13. The van der Waals surface area contributed by atoms with Crippen molar-refractivity contribution in [2.75, 3.05) is 7.11 Å². The van der Waals surface area contributed by atoms with E-state index in [1.807, 2.05) is 13.2 Å². The topological polar surface area (TPSA) is 61.2 Å². The minimum atomic E-state index is -0.379. The molecule has 0 spiro atoms. The second kappa shape index (κ2) is 4.86. The summed E-state index contributed by atoms with van der Waals surface area (Å²) in [6, 6.07) is 0. The number of Topliss-reactive ketones (excluding diaryl/α,β-unsaturated/α-hetero) is 1. The molecule has 1 aliphatic carbocycles. The molecule has 5 nitrogen and oxygen atoms in total. The number of esters is 1. The number of ketones is 1. The molecule has 0 saturated heterocycles. The first-order chi connectivity index (χ1) is 9.61. The Morgan fingerprint density at radius 2 is 2.20 bits per heavy atom. The van der Waals surface area contributed by atoms with Gasteiger partial charge < -0.3 is 4.74 Å². The first kappa shape index (κ1) is 13.1. The molecule has 3 rings (SSSR count). The number of hydrogen-bond acceptors (Lipinski definition) is 5. The summed E-state index contributed by atoms with van der Waals surface area (Å²) in [6.45, 7) is 0. The molecule has 2 heterocycles. The number of thiophene rings is 1.